The summed E-state index contributed by atoms with van der Waals surface area (Å²) in [7, 11) is 0. The van der Waals surface area contributed by atoms with Crippen molar-refractivity contribution in [2.75, 3.05) is 24.6 Å². The van der Waals surface area contributed by atoms with Crippen molar-refractivity contribution in [3.05, 3.63) is 90.5 Å². The first-order valence-electron chi connectivity index (χ1n) is 16.1. The number of rotatable bonds is 15. The monoisotopic (exact) mass is 663 g/mol. The molecular weight excluding hydrogens is 622 g/mol. The first-order chi connectivity index (χ1) is 22.7. The predicted octanol–water partition coefficient (Wildman–Crippen LogP) is 4.37. The Bertz CT molecular complexity index is 1500. The number of anilines is 1. The summed E-state index contributed by atoms with van der Waals surface area (Å²) >= 11 is 6.54. The molecule has 2 aromatic rings. The van der Waals surface area contributed by atoms with Gasteiger partial charge in [0.25, 0.3) is 5.91 Å². The van der Waals surface area contributed by atoms with Gasteiger partial charge in [0.2, 0.25) is 11.8 Å². The molecule has 3 saturated heterocycles. The predicted molar refractivity (Wildman–Crippen MR) is 177 cm³/mol. The highest BCUT2D eigenvalue weighted by Gasteiger charge is 2.75. The van der Waals surface area contributed by atoms with Gasteiger partial charge in [0, 0.05) is 13.0 Å². The Hall–Kier alpha value is -3.99. The van der Waals surface area contributed by atoms with Crippen molar-refractivity contribution in [3.63, 3.8) is 0 Å². The molecule has 250 valence electrons. The van der Waals surface area contributed by atoms with Gasteiger partial charge in [0.15, 0.2) is 0 Å². The molecule has 47 heavy (non-hydrogen) atoms. The van der Waals surface area contributed by atoms with Crippen molar-refractivity contribution in [2.45, 2.75) is 68.9 Å². The van der Waals surface area contributed by atoms with E-state index >= 15 is 0 Å². The molecule has 3 aliphatic rings. The zero-order valence-electron chi connectivity index (χ0n) is 26.6. The van der Waals surface area contributed by atoms with E-state index < -0.39 is 59.5 Å². The zero-order chi connectivity index (χ0) is 33.7. The number of nitrogens with one attached hydrogen (secondary N) is 1. The second-order valence-electron chi connectivity index (χ2n) is 12.2. The Morgan fingerprint density at radius 3 is 2.55 bits per heavy atom. The molecule has 3 fully saturated rings. The highest BCUT2D eigenvalue weighted by molar-refractivity contribution is 6.34. The quantitative estimate of drug-likeness (QED) is 0.214. The van der Waals surface area contributed by atoms with E-state index in [-0.39, 0.29) is 32.0 Å². The number of hydrogen-bond donors (Lipinski definition) is 2. The average molecular weight is 664 g/mol. The summed E-state index contributed by atoms with van der Waals surface area (Å²) in [6.45, 7) is 9.09. The number of benzene rings is 2. The Balaban J connectivity index is 1.48. The molecule has 2 aromatic carbocycles. The zero-order valence-corrected chi connectivity index (χ0v) is 27.3. The van der Waals surface area contributed by atoms with Crippen LogP contribution in [0.4, 0.5) is 5.69 Å². The number of ether oxygens (including phenoxy) is 2. The van der Waals surface area contributed by atoms with Crippen LogP contribution in [0.3, 0.4) is 0 Å². The van der Waals surface area contributed by atoms with Gasteiger partial charge >= 0.3 is 5.97 Å². The fourth-order valence-electron chi connectivity index (χ4n) is 7.34. The van der Waals surface area contributed by atoms with Crippen LogP contribution in [0.5, 0.6) is 0 Å². The molecule has 0 aromatic heterocycles. The molecule has 0 radical (unpaired) electrons. The van der Waals surface area contributed by atoms with E-state index in [1.165, 1.54) is 9.80 Å². The standard InChI is InChI=1S/C36H42ClN3O7/c1-4-7-17-29(42)38-21-28(23-13-9-8-10-14-23)46-35(45)30-27-18-19-36(47-27)31(30)33(43)40(24(6-3)22-41)32(36)34(44)39(20-5-2)26-16-12-11-15-25(26)37/h4-5,8-16,24,27-28,30-32,41H,1-2,6-7,17-22H2,3H3,(H,38,42)/t24-,27-,28+,30+,31+,32-,36+/m0/s1. The smallest absolute Gasteiger partial charge is 0.313 e. The van der Waals surface area contributed by atoms with E-state index in [9.17, 15) is 24.3 Å². The third-order valence-electron chi connectivity index (χ3n) is 9.53. The van der Waals surface area contributed by atoms with E-state index in [1.807, 2.05) is 25.1 Å². The molecule has 3 amide bonds. The van der Waals surface area contributed by atoms with Crippen molar-refractivity contribution >= 4 is 41.0 Å². The number of allylic oxidation sites excluding steroid dienone is 1. The summed E-state index contributed by atoms with van der Waals surface area (Å²) in [5, 5.41) is 13.6. The fraction of sp³-hybridized carbons (Fsp3) is 0.444. The number of aliphatic hydroxyl groups is 1. The van der Waals surface area contributed by atoms with Crippen LogP contribution >= 0.6 is 11.6 Å². The number of carbonyl (C=O) groups is 4. The van der Waals surface area contributed by atoms with Gasteiger partial charge in [-0.05, 0) is 43.4 Å². The number of esters is 1. The molecular formula is C36H42ClN3O7. The van der Waals surface area contributed by atoms with Crippen LogP contribution < -0.4 is 10.2 Å². The maximum absolute atomic E-state index is 14.7. The summed E-state index contributed by atoms with van der Waals surface area (Å²) in [5.74, 6) is -3.69. The SMILES string of the molecule is C=CCCC(=O)NC[C@@H](OC(=O)[C@@H]1[C@@H]2CC[C@]3(O2)[C@H](C(=O)N(CC=C)c2ccccc2Cl)N([C@@H](CC)CO)C(=O)[C@@H]13)c1ccccc1. The maximum Gasteiger partial charge on any atom is 0.313 e. The van der Waals surface area contributed by atoms with Gasteiger partial charge in [0.1, 0.15) is 17.7 Å². The van der Waals surface area contributed by atoms with Crippen molar-refractivity contribution in [1.82, 2.24) is 10.2 Å². The number of carbonyl (C=O) groups excluding carboxylic acids is 4. The summed E-state index contributed by atoms with van der Waals surface area (Å²) in [5.41, 5.74) is -0.178. The third-order valence-corrected chi connectivity index (χ3v) is 9.85. The van der Waals surface area contributed by atoms with Crippen LogP contribution in [0.1, 0.15) is 50.7 Å². The maximum atomic E-state index is 14.7. The van der Waals surface area contributed by atoms with E-state index in [2.05, 4.69) is 18.5 Å². The van der Waals surface area contributed by atoms with Crippen LogP contribution in [-0.2, 0) is 28.7 Å². The minimum Gasteiger partial charge on any atom is -0.455 e. The minimum absolute atomic E-state index is 0.0394. The lowest BCUT2D eigenvalue weighted by molar-refractivity contribution is -0.161. The number of para-hydroxylation sites is 1. The van der Waals surface area contributed by atoms with Crippen molar-refractivity contribution in [1.29, 1.82) is 0 Å². The van der Waals surface area contributed by atoms with Gasteiger partial charge in [-0.2, -0.15) is 0 Å². The molecule has 0 saturated carbocycles. The number of fused-ring (bicyclic) bond motifs is 1. The van der Waals surface area contributed by atoms with Crippen molar-refractivity contribution < 1.29 is 33.8 Å². The van der Waals surface area contributed by atoms with Gasteiger partial charge in [-0.3, -0.25) is 19.2 Å². The van der Waals surface area contributed by atoms with Gasteiger partial charge in [-0.1, -0.05) is 73.1 Å². The lowest BCUT2D eigenvalue weighted by Gasteiger charge is -2.39. The number of likely N-dealkylation sites (tertiary alicyclic amines) is 1. The molecule has 2 N–H and O–H groups in total. The molecule has 2 bridgehead atoms. The molecule has 0 aliphatic carbocycles. The summed E-state index contributed by atoms with van der Waals surface area (Å²) in [6, 6.07) is 14.2. The van der Waals surface area contributed by atoms with Crippen LogP contribution in [0.15, 0.2) is 79.9 Å². The van der Waals surface area contributed by atoms with Crippen LogP contribution in [-0.4, -0.2) is 77.2 Å². The third kappa shape index (κ3) is 6.46. The van der Waals surface area contributed by atoms with E-state index in [0.29, 0.717) is 42.0 Å². The number of nitrogens with zero attached hydrogens (tertiary/aromatic N) is 2. The van der Waals surface area contributed by atoms with Gasteiger partial charge in [-0.25, -0.2) is 0 Å². The lowest BCUT2D eigenvalue weighted by atomic mass is 9.70. The molecule has 10 nitrogen and oxygen atoms in total. The molecule has 5 rings (SSSR count). The molecule has 1 spiro atoms. The Labute approximate surface area is 280 Å². The summed E-state index contributed by atoms with van der Waals surface area (Å²) < 4.78 is 12.7. The van der Waals surface area contributed by atoms with E-state index in [0.717, 1.165) is 0 Å². The average Bonchev–Trinajstić information content (AvgIpc) is 3.73. The van der Waals surface area contributed by atoms with Crippen LogP contribution in [0.2, 0.25) is 5.02 Å². The Morgan fingerprint density at radius 2 is 1.89 bits per heavy atom. The number of halogens is 1. The Kier molecular flexibility index (Phi) is 10.8. The van der Waals surface area contributed by atoms with Gasteiger partial charge in [0.05, 0.1) is 47.8 Å². The first-order valence-corrected chi connectivity index (χ1v) is 16.5. The number of hydrogen-bond acceptors (Lipinski definition) is 7. The highest BCUT2D eigenvalue weighted by atomic mass is 35.5. The second-order valence-corrected chi connectivity index (χ2v) is 12.6. The Morgan fingerprint density at radius 1 is 1.17 bits per heavy atom. The normalized spacial score (nSPS) is 25.5. The first kappa shape index (κ1) is 34.3. The minimum atomic E-state index is -1.31. The van der Waals surface area contributed by atoms with Crippen LogP contribution in [0, 0.1) is 11.8 Å². The number of amides is 3. The van der Waals surface area contributed by atoms with Crippen molar-refractivity contribution in [2.24, 2.45) is 11.8 Å². The van der Waals surface area contributed by atoms with E-state index in [4.69, 9.17) is 21.1 Å². The van der Waals surface area contributed by atoms with Crippen molar-refractivity contribution in [3.8, 4) is 0 Å². The molecule has 3 heterocycles. The molecule has 11 heteroatoms. The summed E-state index contributed by atoms with van der Waals surface area (Å²) in [4.78, 5) is 58.6. The van der Waals surface area contributed by atoms with Gasteiger partial charge < -0.3 is 29.7 Å². The molecule has 3 aliphatic heterocycles. The summed E-state index contributed by atoms with van der Waals surface area (Å²) in [6.07, 6.45) is 3.73. The van der Waals surface area contributed by atoms with Crippen LogP contribution in [0.25, 0.3) is 0 Å². The van der Waals surface area contributed by atoms with E-state index in [1.54, 1.807) is 48.6 Å². The second kappa shape index (κ2) is 14.8. The van der Waals surface area contributed by atoms with Gasteiger partial charge in [-0.15, -0.1) is 13.2 Å². The lowest BCUT2D eigenvalue weighted by Crippen LogP contribution is -2.59. The topological polar surface area (TPSA) is 125 Å². The number of aliphatic hydroxyl groups excluding tert-OH is 1. The fourth-order valence-corrected chi connectivity index (χ4v) is 7.58. The molecule has 0 unspecified atom stereocenters. The highest BCUT2D eigenvalue weighted by Crippen LogP contribution is 2.59. The largest absolute Gasteiger partial charge is 0.455 e. The molecule has 7 atom stereocenters.